The van der Waals surface area contributed by atoms with Crippen LogP contribution in [0, 0.1) is 0 Å². The quantitative estimate of drug-likeness (QED) is 0.443. The molecule has 0 aliphatic carbocycles. The van der Waals surface area contributed by atoms with Crippen LogP contribution >= 0.6 is 11.8 Å². The van der Waals surface area contributed by atoms with Crippen LogP contribution < -0.4 is 0 Å². The summed E-state index contributed by atoms with van der Waals surface area (Å²) >= 11 is 1.46. The summed E-state index contributed by atoms with van der Waals surface area (Å²) in [5.41, 5.74) is 1.07. The van der Waals surface area contributed by atoms with Crippen LogP contribution in [0.5, 0.6) is 0 Å². The van der Waals surface area contributed by atoms with Crippen LogP contribution in [0.15, 0.2) is 53.9 Å². The van der Waals surface area contributed by atoms with E-state index in [1.165, 1.54) is 16.7 Å². The molecule has 3 amide bonds. The van der Waals surface area contributed by atoms with Gasteiger partial charge in [0.25, 0.3) is 0 Å². The zero-order valence-electron chi connectivity index (χ0n) is 14.9. The highest BCUT2D eigenvalue weighted by atomic mass is 32.2. The molecule has 1 aromatic carbocycles. The van der Waals surface area contributed by atoms with Crippen molar-refractivity contribution < 1.29 is 9.59 Å². The maximum absolute atomic E-state index is 12.9. The van der Waals surface area contributed by atoms with Crippen LogP contribution in [-0.4, -0.2) is 50.5 Å². The van der Waals surface area contributed by atoms with Crippen molar-refractivity contribution in [2.45, 2.75) is 37.0 Å². The Hall–Kier alpha value is -2.41. The van der Waals surface area contributed by atoms with Gasteiger partial charge >= 0.3 is 6.03 Å². The van der Waals surface area contributed by atoms with Crippen molar-refractivity contribution in [3.63, 3.8) is 0 Å². The van der Waals surface area contributed by atoms with Crippen molar-refractivity contribution >= 4 is 23.7 Å². The van der Waals surface area contributed by atoms with Crippen molar-refractivity contribution in [2.24, 2.45) is 0 Å². The number of amides is 3. The number of hydrogen-bond donors (Lipinski definition) is 0. The zero-order valence-corrected chi connectivity index (χ0v) is 15.7. The lowest BCUT2D eigenvalue weighted by Crippen LogP contribution is -2.60. The third-order valence-electron chi connectivity index (χ3n) is 4.54. The summed E-state index contributed by atoms with van der Waals surface area (Å²) < 4.78 is 0. The smallest absolute Gasteiger partial charge is 0.320 e. The first-order valence-corrected chi connectivity index (χ1v) is 9.64. The number of benzene rings is 1. The molecular formula is C19H22N4O2S. The molecule has 2 atom stereocenters. The SMILES string of the molecule is CC[C@H](c1ccccc1)N(C)C(=O)N1C(=O)C[C@@H]1CSc1ncccn1. The summed E-state index contributed by atoms with van der Waals surface area (Å²) in [6, 6.07) is 11.3. The molecule has 1 aliphatic heterocycles. The fraction of sp³-hybridized carbons (Fsp3) is 0.368. The van der Waals surface area contributed by atoms with Crippen LogP contribution in [0.1, 0.15) is 31.4 Å². The van der Waals surface area contributed by atoms with E-state index in [2.05, 4.69) is 9.97 Å². The van der Waals surface area contributed by atoms with Gasteiger partial charge in [0.15, 0.2) is 5.16 Å². The molecule has 136 valence electrons. The van der Waals surface area contributed by atoms with Crippen molar-refractivity contribution in [3.05, 3.63) is 54.4 Å². The average molecular weight is 370 g/mol. The van der Waals surface area contributed by atoms with Crippen LogP contribution in [-0.2, 0) is 4.79 Å². The molecule has 3 rings (SSSR count). The Morgan fingerprint density at radius 2 is 1.96 bits per heavy atom. The second kappa shape index (κ2) is 8.31. The number of imide groups is 1. The molecule has 0 unspecified atom stereocenters. The molecule has 2 heterocycles. The summed E-state index contributed by atoms with van der Waals surface area (Å²) in [6.45, 7) is 2.04. The molecule has 2 aromatic rings. The molecule has 0 spiro atoms. The fourth-order valence-electron chi connectivity index (χ4n) is 3.12. The molecule has 26 heavy (non-hydrogen) atoms. The van der Waals surface area contributed by atoms with Gasteiger partial charge in [-0.2, -0.15) is 0 Å². The molecule has 1 aromatic heterocycles. The summed E-state index contributed by atoms with van der Waals surface area (Å²) in [7, 11) is 1.76. The van der Waals surface area contributed by atoms with Gasteiger partial charge in [0.1, 0.15) is 0 Å². The molecule has 0 bridgehead atoms. The third-order valence-corrected chi connectivity index (χ3v) is 5.56. The molecule has 6 nitrogen and oxygen atoms in total. The van der Waals surface area contributed by atoms with E-state index in [0.29, 0.717) is 17.3 Å². The van der Waals surface area contributed by atoms with Crippen molar-refractivity contribution in [2.75, 3.05) is 12.8 Å². The Kier molecular flexibility index (Phi) is 5.88. The average Bonchev–Trinajstić information content (AvgIpc) is 2.67. The first-order valence-electron chi connectivity index (χ1n) is 8.65. The van der Waals surface area contributed by atoms with E-state index in [1.807, 2.05) is 37.3 Å². The predicted molar refractivity (Wildman–Crippen MR) is 101 cm³/mol. The maximum Gasteiger partial charge on any atom is 0.327 e. The minimum atomic E-state index is -0.239. The van der Waals surface area contributed by atoms with E-state index >= 15 is 0 Å². The number of hydrogen-bond acceptors (Lipinski definition) is 5. The minimum absolute atomic E-state index is 0.0529. The van der Waals surface area contributed by atoms with E-state index in [9.17, 15) is 9.59 Å². The molecule has 1 saturated heterocycles. The van der Waals surface area contributed by atoms with Gasteiger partial charge in [-0.1, -0.05) is 49.0 Å². The van der Waals surface area contributed by atoms with E-state index in [4.69, 9.17) is 0 Å². The highest BCUT2D eigenvalue weighted by Crippen LogP contribution is 2.30. The van der Waals surface area contributed by atoms with Gasteiger partial charge in [-0.3, -0.25) is 9.69 Å². The van der Waals surface area contributed by atoms with Gasteiger partial charge in [-0.15, -0.1) is 0 Å². The number of thioether (sulfide) groups is 1. The highest BCUT2D eigenvalue weighted by Gasteiger charge is 2.43. The second-order valence-electron chi connectivity index (χ2n) is 6.19. The topological polar surface area (TPSA) is 66.4 Å². The molecule has 0 saturated carbocycles. The number of carbonyl (C=O) groups is 2. The van der Waals surface area contributed by atoms with E-state index in [-0.39, 0.29) is 24.0 Å². The van der Waals surface area contributed by atoms with Gasteiger partial charge in [-0.25, -0.2) is 14.8 Å². The first kappa shape index (κ1) is 18.4. The summed E-state index contributed by atoms with van der Waals surface area (Å²) in [6.07, 6.45) is 4.54. The van der Waals surface area contributed by atoms with Crippen LogP contribution in [0.2, 0.25) is 0 Å². The minimum Gasteiger partial charge on any atom is -0.320 e. The standard InChI is InChI=1S/C19H22N4O2S/c1-3-16(14-8-5-4-6-9-14)22(2)19(25)23-15(12-17(23)24)13-26-18-20-10-7-11-21-18/h4-11,15-16H,3,12-13H2,1-2H3/t15-,16-/m1/s1. The predicted octanol–water partition coefficient (Wildman–Crippen LogP) is 3.37. The summed E-state index contributed by atoms with van der Waals surface area (Å²) in [5.74, 6) is 0.488. The van der Waals surface area contributed by atoms with E-state index in [1.54, 1.807) is 30.4 Å². The number of aromatic nitrogens is 2. The Morgan fingerprint density at radius 1 is 1.27 bits per heavy atom. The first-order chi connectivity index (χ1) is 12.6. The van der Waals surface area contributed by atoms with Gasteiger partial charge < -0.3 is 4.90 Å². The van der Waals surface area contributed by atoms with Crippen molar-refractivity contribution in [1.29, 1.82) is 0 Å². The Morgan fingerprint density at radius 3 is 2.58 bits per heavy atom. The number of carbonyl (C=O) groups excluding carboxylic acids is 2. The molecular weight excluding hydrogens is 348 g/mol. The van der Waals surface area contributed by atoms with Gasteiger partial charge in [0.05, 0.1) is 12.1 Å². The number of urea groups is 1. The Labute approximate surface area is 157 Å². The lowest BCUT2D eigenvalue weighted by atomic mass is 10.0. The molecule has 1 aliphatic rings. The number of β-lactam (4-membered cyclic amide) rings is 1. The third kappa shape index (κ3) is 3.88. The fourth-order valence-corrected chi connectivity index (χ4v) is 4.00. The monoisotopic (exact) mass is 370 g/mol. The lowest BCUT2D eigenvalue weighted by Gasteiger charge is -2.42. The zero-order chi connectivity index (χ0) is 18.5. The second-order valence-corrected chi connectivity index (χ2v) is 7.18. The van der Waals surface area contributed by atoms with E-state index in [0.717, 1.165) is 12.0 Å². The van der Waals surface area contributed by atoms with Crippen molar-refractivity contribution in [3.8, 4) is 0 Å². The number of rotatable bonds is 6. The molecule has 1 fully saturated rings. The molecule has 0 N–H and O–H groups in total. The Balaban J connectivity index is 1.65. The largest absolute Gasteiger partial charge is 0.327 e. The number of nitrogens with zero attached hydrogens (tertiary/aromatic N) is 4. The van der Waals surface area contributed by atoms with Gasteiger partial charge in [0, 0.05) is 31.6 Å². The van der Waals surface area contributed by atoms with Crippen LogP contribution in [0.3, 0.4) is 0 Å². The molecule has 7 heteroatoms. The van der Waals surface area contributed by atoms with Crippen LogP contribution in [0.4, 0.5) is 4.79 Å². The van der Waals surface area contributed by atoms with Crippen molar-refractivity contribution in [1.82, 2.24) is 19.8 Å². The lowest BCUT2D eigenvalue weighted by molar-refractivity contribution is -0.140. The van der Waals surface area contributed by atoms with Crippen LogP contribution in [0.25, 0.3) is 0 Å². The maximum atomic E-state index is 12.9. The Bertz CT molecular complexity index is 757. The molecule has 0 radical (unpaired) electrons. The summed E-state index contributed by atoms with van der Waals surface area (Å²) in [5, 5.41) is 0.656. The van der Waals surface area contributed by atoms with E-state index < -0.39 is 0 Å². The number of likely N-dealkylation sites (tertiary alicyclic amines) is 1. The van der Waals surface area contributed by atoms with Gasteiger partial charge in [-0.05, 0) is 18.1 Å². The normalized spacial score (nSPS) is 17.5. The highest BCUT2D eigenvalue weighted by molar-refractivity contribution is 7.99. The van der Waals surface area contributed by atoms with Gasteiger partial charge in [0.2, 0.25) is 5.91 Å². The summed E-state index contributed by atoms with van der Waals surface area (Å²) in [4.78, 5) is 36.4.